The summed E-state index contributed by atoms with van der Waals surface area (Å²) in [4.78, 5) is 1.16. The molecule has 11 heavy (non-hydrogen) atoms. The van der Waals surface area contributed by atoms with Gasteiger partial charge in [-0.2, -0.15) is 4.37 Å². The van der Waals surface area contributed by atoms with Gasteiger partial charge in [-0.15, -0.1) is 0 Å². The molecule has 1 aromatic heterocycles. The minimum atomic E-state index is 0.157. The van der Waals surface area contributed by atoms with Gasteiger partial charge in [0.25, 0.3) is 0 Å². The van der Waals surface area contributed by atoms with Crippen LogP contribution in [0.3, 0.4) is 0 Å². The molecule has 3 heteroatoms. The van der Waals surface area contributed by atoms with Crippen LogP contribution in [0.5, 0.6) is 0 Å². The number of rotatable bonds is 1. The third kappa shape index (κ3) is 2.01. The van der Waals surface area contributed by atoms with E-state index >= 15 is 0 Å². The summed E-state index contributed by atoms with van der Waals surface area (Å²) in [5.74, 6) is 0. The van der Waals surface area contributed by atoms with Crippen molar-refractivity contribution in [3.8, 4) is 0 Å². The molecule has 0 bridgehead atoms. The van der Waals surface area contributed by atoms with E-state index in [0.717, 1.165) is 10.6 Å². The molecule has 1 heterocycles. The van der Waals surface area contributed by atoms with Crippen LogP contribution in [0, 0.1) is 0 Å². The smallest absolute Gasteiger partial charge is 0.0598 e. The molecule has 2 nitrogen and oxygen atoms in total. The second kappa shape index (κ2) is 2.91. The molecule has 0 amide bonds. The molecule has 0 aromatic carbocycles. The third-order valence-corrected chi connectivity index (χ3v) is 2.34. The van der Waals surface area contributed by atoms with E-state index in [1.54, 1.807) is 0 Å². The number of nitrogens with two attached hydrogens (primary N) is 1. The van der Waals surface area contributed by atoms with Crippen molar-refractivity contribution < 1.29 is 0 Å². The highest BCUT2D eigenvalue weighted by atomic mass is 32.1. The van der Waals surface area contributed by atoms with Crippen molar-refractivity contribution in [1.29, 1.82) is 0 Å². The summed E-state index contributed by atoms with van der Waals surface area (Å²) in [6.07, 6.45) is 0. The van der Waals surface area contributed by atoms with Gasteiger partial charge in [0, 0.05) is 16.8 Å². The molecule has 62 valence electrons. The SMILES string of the molecule is CC(C)(C)c1cc(CN)sn1. The average Bonchev–Trinajstić information content (AvgIpc) is 2.32. The Kier molecular flexibility index (Phi) is 2.30. The summed E-state index contributed by atoms with van der Waals surface area (Å²) in [5, 5.41) is 0. The van der Waals surface area contributed by atoms with Gasteiger partial charge in [-0.25, -0.2) is 0 Å². The zero-order chi connectivity index (χ0) is 8.48. The molecule has 1 aromatic rings. The van der Waals surface area contributed by atoms with Gasteiger partial charge in [0.05, 0.1) is 5.69 Å². The fourth-order valence-electron chi connectivity index (χ4n) is 0.763. The van der Waals surface area contributed by atoms with Crippen LogP contribution in [0.4, 0.5) is 0 Å². The number of hydrogen-bond acceptors (Lipinski definition) is 3. The first-order chi connectivity index (χ1) is 5.04. The standard InChI is InChI=1S/C8H14N2S/c1-8(2,3)7-4-6(5-9)11-10-7/h4H,5,9H2,1-3H3. The number of aromatic nitrogens is 1. The topological polar surface area (TPSA) is 38.9 Å². The van der Waals surface area contributed by atoms with E-state index in [9.17, 15) is 0 Å². The van der Waals surface area contributed by atoms with Gasteiger partial charge in [-0.3, -0.25) is 0 Å². The first kappa shape index (κ1) is 8.68. The molecule has 0 unspecified atom stereocenters. The molecule has 1 rings (SSSR count). The Labute approximate surface area is 71.6 Å². The third-order valence-electron chi connectivity index (χ3n) is 1.53. The highest BCUT2D eigenvalue weighted by molar-refractivity contribution is 7.05. The van der Waals surface area contributed by atoms with E-state index in [4.69, 9.17) is 5.73 Å². The van der Waals surface area contributed by atoms with Gasteiger partial charge in [0.1, 0.15) is 0 Å². The van der Waals surface area contributed by atoms with E-state index in [0.29, 0.717) is 6.54 Å². The lowest BCUT2D eigenvalue weighted by atomic mass is 9.92. The fraction of sp³-hybridized carbons (Fsp3) is 0.625. The van der Waals surface area contributed by atoms with E-state index in [2.05, 4.69) is 31.2 Å². The Hall–Kier alpha value is -0.410. The van der Waals surface area contributed by atoms with E-state index in [1.165, 1.54) is 11.5 Å². The maximum Gasteiger partial charge on any atom is 0.0598 e. The first-order valence-corrected chi connectivity index (χ1v) is 4.47. The second-order valence-electron chi connectivity index (χ2n) is 3.63. The Morgan fingerprint density at radius 3 is 2.45 bits per heavy atom. The average molecular weight is 170 g/mol. The summed E-state index contributed by atoms with van der Waals surface area (Å²) in [6.45, 7) is 7.07. The van der Waals surface area contributed by atoms with Crippen LogP contribution in [0.1, 0.15) is 31.3 Å². The van der Waals surface area contributed by atoms with E-state index in [-0.39, 0.29) is 5.41 Å². The minimum absolute atomic E-state index is 0.157. The molecule has 0 aliphatic carbocycles. The molecule has 0 atom stereocenters. The molecule has 0 fully saturated rings. The van der Waals surface area contributed by atoms with Crippen LogP contribution in [0.15, 0.2) is 6.07 Å². The highest BCUT2D eigenvalue weighted by Crippen LogP contribution is 2.23. The Morgan fingerprint density at radius 2 is 2.18 bits per heavy atom. The first-order valence-electron chi connectivity index (χ1n) is 3.70. The highest BCUT2D eigenvalue weighted by Gasteiger charge is 2.16. The van der Waals surface area contributed by atoms with Gasteiger partial charge in [0.2, 0.25) is 0 Å². The summed E-state index contributed by atoms with van der Waals surface area (Å²) in [7, 11) is 0. The molecule has 0 aliphatic heterocycles. The molecular weight excluding hydrogens is 156 g/mol. The lowest BCUT2D eigenvalue weighted by Gasteiger charge is -2.13. The number of nitrogens with zero attached hydrogens (tertiary/aromatic N) is 1. The van der Waals surface area contributed by atoms with Crippen LogP contribution in [0.2, 0.25) is 0 Å². The zero-order valence-corrected chi connectivity index (χ0v) is 8.03. The Morgan fingerprint density at radius 1 is 1.55 bits per heavy atom. The van der Waals surface area contributed by atoms with Crippen LogP contribution in [-0.4, -0.2) is 4.37 Å². The van der Waals surface area contributed by atoms with Crippen LogP contribution < -0.4 is 5.73 Å². The lowest BCUT2D eigenvalue weighted by Crippen LogP contribution is -2.10. The van der Waals surface area contributed by atoms with E-state index < -0.39 is 0 Å². The Balaban J connectivity index is 2.89. The normalized spacial score (nSPS) is 12.0. The summed E-state index contributed by atoms with van der Waals surface area (Å²) >= 11 is 1.50. The zero-order valence-electron chi connectivity index (χ0n) is 7.22. The van der Waals surface area contributed by atoms with Gasteiger partial charge in [0.15, 0.2) is 0 Å². The van der Waals surface area contributed by atoms with Gasteiger partial charge >= 0.3 is 0 Å². The van der Waals surface area contributed by atoms with Gasteiger partial charge in [-0.1, -0.05) is 20.8 Å². The Bertz CT molecular complexity index is 234. The quantitative estimate of drug-likeness (QED) is 0.699. The molecular formula is C8H14N2S. The van der Waals surface area contributed by atoms with Crippen molar-refractivity contribution in [3.05, 3.63) is 16.6 Å². The summed E-state index contributed by atoms with van der Waals surface area (Å²) in [6, 6.07) is 2.09. The summed E-state index contributed by atoms with van der Waals surface area (Å²) in [5.41, 5.74) is 6.78. The maximum atomic E-state index is 5.48. The van der Waals surface area contributed by atoms with Gasteiger partial charge < -0.3 is 5.73 Å². The second-order valence-corrected chi connectivity index (χ2v) is 4.52. The maximum absolute atomic E-state index is 5.48. The largest absolute Gasteiger partial charge is 0.326 e. The summed E-state index contributed by atoms with van der Waals surface area (Å²) < 4.78 is 4.32. The molecule has 0 saturated heterocycles. The molecule has 0 aliphatic rings. The molecule has 0 radical (unpaired) electrons. The van der Waals surface area contributed by atoms with Crippen molar-refractivity contribution in [1.82, 2.24) is 4.37 Å². The predicted octanol–water partition coefficient (Wildman–Crippen LogP) is 1.90. The van der Waals surface area contributed by atoms with E-state index in [1.807, 2.05) is 0 Å². The van der Waals surface area contributed by atoms with Crippen molar-refractivity contribution in [2.45, 2.75) is 32.7 Å². The fourth-order valence-corrected chi connectivity index (χ4v) is 1.54. The predicted molar refractivity (Wildman–Crippen MR) is 48.7 cm³/mol. The van der Waals surface area contributed by atoms with Crippen molar-refractivity contribution in [2.75, 3.05) is 0 Å². The van der Waals surface area contributed by atoms with Crippen molar-refractivity contribution >= 4 is 11.5 Å². The van der Waals surface area contributed by atoms with Crippen molar-refractivity contribution in [2.24, 2.45) is 5.73 Å². The minimum Gasteiger partial charge on any atom is -0.326 e. The number of hydrogen-bond donors (Lipinski definition) is 1. The molecule has 0 saturated carbocycles. The monoisotopic (exact) mass is 170 g/mol. The van der Waals surface area contributed by atoms with Crippen LogP contribution >= 0.6 is 11.5 Å². The molecule has 2 N–H and O–H groups in total. The van der Waals surface area contributed by atoms with Gasteiger partial charge in [-0.05, 0) is 17.6 Å². The van der Waals surface area contributed by atoms with Crippen LogP contribution in [-0.2, 0) is 12.0 Å². The molecule has 0 spiro atoms. The van der Waals surface area contributed by atoms with Crippen molar-refractivity contribution in [3.63, 3.8) is 0 Å². The van der Waals surface area contributed by atoms with Crippen LogP contribution in [0.25, 0.3) is 0 Å². The lowest BCUT2D eigenvalue weighted by molar-refractivity contribution is 0.575.